The van der Waals surface area contributed by atoms with Gasteiger partial charge in [0.25, 0.3) is 17.7 Å². The number of rotatable bonds is 7. The van der Waals surface area contributed by atoms with E-state index < -0.39 is 11.8 Å². The summed E-state index contributed by atoms with van der Waals surface area (Å²) in [6.07, 6.45) is 0. The van der Waals surface area contributed by atoms with Crippen LogP contribution in [0.25, 0.3) is 0 Å². The average Bonchev–Trinajstić information content (AvgIpc) is 3.04. The molecule has 1 heterocycles. The first kappa shape index (κ1) is 23.4. The van der Waals surface area contributed by atoms with Crippen molar-refractivity contribution in [3.05, 3.63) is 94.1 Å². The molecule has 172 valence electrons. The van der Waals surface area contributed by atoms with E-state index in [0.717, 1.165) is 4.90 Å². The molecule has 9 heteroatoms. The molecule has 0 aliphatic carbocycles. The lowest BCUT2D eigenvalue weighted by molar-refractivity contribution is -0.120. The van der Waals surface area contributed by atoms with E-state index in [9.17, 15) is 14.4 Å². The maximum absolute atomic E-state index is 12.9. The molecule has 0 fully saturated rings. The second kappa shape index (κ2) is 9.99. The molecule has 2 N–H and O–H groups in total. The predicted octanol–water partition coefficient (Wildman–Crippen LogP) is 5.43. The van der Waals surface area contributed by atoms with Crippen LogP contribution in [0.3, 0.4) is 0 Å². The van der Waals surface area contributed by atoms with Crippen LogP contribution >= 0.6 is 23.2 Å². The molecule has 3 amide bonds. The highest BCUT2D eigenvalue weighted by Gasteiger charge is 2.39. The first-order valence-corrected chi connectivity index (χ1v) is 11.1. The third kappa shape index (κ3) is 4.62. The van der Waals surface area contributed by atoms with Gasteiger partial charge in [0.1, 0.15) is 16.5 Å². The number of anilines is 3. The van der Waals surface area contributed by atoms with Gasteiger partial charge in [0.2, 0.25) is 0 Å². The molecule has 0 saturated heterocycles. The van der Waals surface area contributed by atoms with Crippen molar-refractivity contribution in [1.29, 1.82) is 0 Å². The fourth-order valence-electron chi connectivity index (χ4n) is 3.36. The zero-order valence-electron chi connectivity index (χ0n) is 18.0. The molecule has 3 aromatic rings. The lowest BCUT2D eigenvalue weighted by Gasteiger charge is -2.16. The quantitative estimate of drug-likeness (QED) is 0.426. The molecule has 0 bridgehead atoms. The van der Waals surface area contributed by atoms with Gasteiger partial charge in [-0.1, -0.05) is 47.5 Å². The van der Waals surface area contributed by atoms with E-state index in [2.05, 4.69) is 10.6 Å². The van der Waals surface area contributed by atoms with Gasteiger partial charge < -0.3 is 15.4 Å². The second-order valence-corrected chi connectivity index (χ2v) is 7.96. The Labute approximate surface area is 205 Å². The van der Waals surface area contributed by atoms with Gasteiger partial charge >= 0.3 is 0 Å². The number of para-hydroxylation sites is 3. The summed E-state index contributed by atoms with van der Waals surface area (Å²) in [5, 5.41) is 5.69. The summed E-state index contributed by atoms with van der Waals surface area (Å²) in [5.41, 5.74) is 1.59. The van der Waals surface area contributed by atoms with Gasteiger partial charge in [-0.25, -0.2) is 4.90 Å². The highest BCUT2D eigenvalue weighted by molar-refractivity contribution is 6.53. The summed E-state index contributed by atoms with van der Waals surface area (Å²) in [6, 6.07) is 20.0. The Morgan fingerprint density at radius 1 is 0.912 bits per heavy atom. The lowest BCUT2D eigenvalue weighted by atomic mass is 10.1. The van der Waals surface area contributed by atoms with E-state index in [1.807, 2.05) is 13.0 Å². The molecule has 0 unspecified atom stereocenters. The van der Waals surface area contributed by atoms with Crippen LogP contribution in [-0.2, 0) is 9.59 Å². The molecular weight excluding hydrogens is 477 g/mol. The van der Waals surface area contributed by atoms with Crippen molar-refractivity contribution in [2.24, 2.45) is 0 Å². The number of nitrogens with one attached hydrogen (secondary N) is 2. The number of nitrogens with zero attached hydrogens (tertiary/aromatic N) is 1. The number of carbonyl (C=O) groups excluding carboxylic acids is 3. The van der Waals surface area contributed by atoms with Crippen LogP contribution < -0.4 is 20.3 Å². The molecule has 4 rings (SSSR count). The smallest absolute Gasteiger partial charge is 0.283 e. The van der Waals surface area contributed by atoms with Gasteiger partial charge in [-0.05, 0) is 55.5 Å². The van der Waals surface area contributed by atoms with Gasteiger partial charge in [-0.2, -0.15) is 0 Å². The summed E-state index contributed by atoms with van der Waals surface area (Å²) >= 11 is 12.3. The van der Waals surface area contributed by atoms with Gasteiger partial charge in [0.05, 0.1) is 23.0 Å². The molecule has 7 nitrogen and oxygen atoms in total. The third-order valence-electron chi connectivity index (χ3n) is 4.97. The average molecular weight is 496 g/mol. The van der Waals surface area contributed by atoms with Gasteiger partial charge in [-0.15, -0.1) is 0 Å². The minimum absolute atomic E-state index is 0.0746. The molecule has 0 saturated carbocycles. The minimum Gasteiger partial charge on any atom is -0.492 e. The van der Waals surface area contributed by atoms with Crippen LogP contribution in [-0.4, -0.2) is 24.3 Å². The number of carbonyl (C=O) groups is 3. The second-order valence-electron chi connectivity index (χ2n) is 7.17. The monoisotopic (exact) mass is 495 g/mol. The van der Waals surface area contributed by atoms with Crippen LogP contribution in [0.5, 0.6) is 5.75 Å². The summed E-state index contributed by atoms with van der Waals surface area (Å²) in [5.74, 6) is -1.05. The van der Waals surface area contributed by atoms with Crippen molar-refractivity contribution in [3.8, 4) is 5.75 Å². The van der Waals surface area contributed by atoms with E-state index in [1.165, 1.54) is 0 Å². The SMILES string of the molecule is CCOc1ccccc1NC(=O)c1ccc(NC2=C(Cl)C(=O)N(c3ccccc3Cl)C2=O)cc1. The van der Waals surface area contributed by atoms with E-state index >= 15 is 0 Å². The number of amides is 3. The number of hydrogen-bond acceptors (Lipinski definition) is 5. The summed E-state index contributed by atoms with van der Waals surface area (Å²) in [4.78, 5) is 39.1. The topological polar surface area (TPSA) is 87.7 Å². The van der Waals surface area contributed by atoms with Crippen molar-refractivity contribution in [1.82, 2.24) is 0 Å². The molecule has 1 aliphatic rings. The van der Waals surface area contributed by atoms with Crippen molar-refractivity contribution < 1.29 is 19.1 Å². The van der Waals surface area contributed by atoms with E-state index in [4.69, 9.17) is 27.9 Å². The van der Waals surface area contributed by atoms with Gasteiger partial charge in [-0.3, -0.25) is 14.4 Å². The zero-order chi connectivity index (χ0) is 24.2. The van der Waals surface area contributed by atoms with Crippen LogP contribution in [0.4, 0.5) is 17.1 Å². The number of halogens is 2. The largest absolute Gasteiger partial charge is 0.492 e. The maximum Gasteiger partial charge on any atom is 0.283 e. The fraction of sp³-hybridized carbons (Fsp3) is 0.0800. The molecule has 0 radical (unpaired) electrons. The highest BCUT2D eigenvalue weighted by Crippen LogP contribution is 2.34. The molecule has 0 aromatic heterocycles. The van der Waals surface area contributed by atoms with Crippen LogP contribution in [0.2, 0.25) is 5.02 Å². The van der Waals surface area contributed by atoms with Crippen LogP contribution in [0.15, 0.2) is 83.5 Å². The summed E-state index contributed by atoms with van der Waals surface area (Å²) in [6.45, 7) is 2.34. The van der Waals surface area contributed by atoms with Gasteiger partial charge in [0.15, 0.2) is 0 Å². The fourth-order valence-corrected chi connectivity index (χ4v) is 3.79. The molecule has 1 aliphatic heterocycles. The van der Waals surface area contributed by atoms with E-state index in [1.54, 1.807) is 66.7 Å². The van der Waals surface area contributed by atoms with Gasteiger partial charge in [0, 0.05) is 11.3 Å². The zero-order valence-corrected chi connectivity index (χ0v) is 19.5. The number of imide groups is 1. The molecule has 0 atom stereocenters. The first-order chi connectivity index (χ1) is 16.4. The molecule has 3 aromatic carbocycles. The first-order valence-electron chi connectivity index (χ1n) is 10.3. The van der Waals surface area contributed by atoms with Crippen molar-refractivity contribution in [2.45, 2.75) is 6.92 Å². The number of ether oxygens (including phenoxy) is 1. The third-order valence-corrected chi connectivity index (χ3v) is 5.64. The normalized spacial score (nSPS) is 13.3. The maximum atomic E-state index is 12.9. The van der Waals surface area contributed by atoms with Crippen LogP contribution in [0, 0.1) is 0 Å². The number of hydrogen-bond donors (Lipinski definition) is 2. The Morgan fingerprint density at radius 2 is 1.59 bits per heavy atom. The van der Waals surface area contributed by atoms with E-state index in [-0.39, 0.29) is 27.3 Å². The van der Waals surface area contributed by atoms with E-state index in [0.29, 0.717) is 29.3 Å². The lowest BCUT2D eigenvalue weighted by Crippen LogP contribution is -2.32. The van der Waals surface area contributed by atoms with Crippen molar-refractivity contribution in [2.75, 3.05) is 22.1 Å². The standard InChI is InChI=1S/C25H19Cl2N3O4/c1-2-34-20-10-6-4-8-18(20)29-23(31)15-11-13-16(14-12-15)28-22-21(27)24(32)30(25(22)33)19-9-5-3-7-17(19)26/h3-14,28H,2H2,1H3,(H,29,31). The Balaban J connectivity index is 1.49. The van der Waals surface area contributed by atoms with Crippen molar-refractivity contribution >= 4 is 58.0 Å². The minimum atomic E-state index is -0.675. The Hall–Kier alpha value is -3.81. The summed E-state index contributed by atoms with van der Waals surface area (Å²) in [7, 11) is 0. The Kier molecular flexibility index (Phi) is 6.86. The molecule has 0 spiro atoms. The summed E-state index contributed by atoms with van der Waals surface area (Å²) < 4.78 is 5.53. The highest BCUT2D eigenvalue weighted by atomic mass is 35.5. The van der Waals surface area contributed by atoms with Crippen molar-refractivity contribution in [3.63, 3.8) is 0 Å². The Morgan fingerprint density at radius 3 is 2.29 bits per heavy atom. The Bertz CT molecular complexity index is 1310. The molecule has 34 heavy (non-hydrogen) atoms. The molecular formula is C25H19Cl2N3O4. The predicted molar refractivity (Wildman–Crippen MR) is 132 cm³/mol. The number of benzene rings is 3. The van der Waals surface area contributed by atoms with Crippen LogP contribution in [0.1, 0.15) is 17.3 Å².